The zero-order valence-corrected chi connectivity index (χ0v) is 14.0. The van der Waals surface area contributed by atoms with Crippen molar-refractivity contribution in [1.82, 2.24) is 5.32 Å². The van der Waals surface area contributed by atoms with E-state index < -0.39 is 17.6 Å². The SMILES string of the molecule is CC(C)C(=O)NC(COC(C)(C)C)C(=O)OC(C)(C)C. The maximum atomic E-state index is 12.1. The first-order chi connectivity index (χ1) is 8.82. The van der Waals surface area contributed by atoms with E-state index in [0.717, 1.165) is 0 Å². The molecule has 0 aromatic rings. The summed E-state index contributed by atoms with van der Waals surface area (Å²) in [5.41, 5.74) is -0.984. The van der Waals surface area contributed by atoms with Crippen LogP contribution >= 0.6 is 0 Å². The van der Waals surface area contributed by atoms with Crippen LogP contribution in [0.15, 0.2) is 0 Å². The van der Waals surface area contributed by atoms with Crippen LogP contribution in [0.3, 0.4) is 0 Å². The summed E-state index contributed by atoms with van der Waals surface area (Å²) in [5, 5.41) is 2.67. The molecule has 5 nitrogen and oxygen atoms in total. The van der Waals surface area contributed by atoms with Gasteiger partial charge < -0.3 is 14.8 Å². The second kappa shape index (κ2) is 7.07. The predicted molar refractivity (Wildman–Crippen MR) is 78.3 cm³/mol. The fraction of sp³-hybridized carbons (Fsp3) is 0.867. The van der Waals surface area contributed by atoms with E-state index in [2.05, 4.69) is 5.32 Å². The molecule has 0 rings (SSSR count). The van der Waals surface area contributed by atoms with E-state index in [1.165, 1.54) is 0 Å². The highest BCUT2D eigenvalue weighted by molar-refractivity contribution is 5.85. The summed E-state index contributed by atoms with van der Waals surface area (Å²) < 4.78 is 10.9. The smallest absolute Gasteiger partial charge is 0.331 e. The number of rotatable bonds is 5. The van der Waals surface area contributed by atoms with Crippen molar-refractivity contribution in [2.24, 2.45) is 5.92 Å². The second-order valence-corrected chi connectivity index (χ2v) is 7.17. The molecule has 0 aromatic carbocycles. The summed E-state index contributed by atoms with van der Waals surface area (Å²) in [4.78, 5) is 23.9. The Hall–Kier alpha value is -1.10. The van der Waals surface area contributed by atoms with Crippen molar-refractivity contribution < 1.29 is 19.1 Å². The molecule has 0 aliphatic heterocycles. The Morgan fingerprint density at radius 1 is 1.00 bits per heavy atom. The summed E-state index contributed by atoms with van der Waals surface area (Å²) in [6.07, 6.45) is 0. The van der Waals surface area contributed by atoms with Gasteiger partial charge in [-0.1, -0.05) is 13.8 Å². The molecule has 1 unspecified atom stereocenters. The molecule has 118 valence electrons. The van der Waals surface area contributed by atoms with Gasteiger partial charge in [0, 0.05) is 5.92 Å². The molecule has 0 aromatic heterocycles. The summed E-state index contributed by atoms with van der Waals surface area (Å²) in [6, 6.07) is -0.789. The highest BCUT2D eigenvalue weighted by Gasteiger charge is 2.29. The van der Waals surface area contributed by atoms with Gasteiger partial charge in [0.2, 0.25) is 5.91 Å². The van der Waals surface area contributed by atoms with Gasteiger partial charge in [-0.25, -0.2) is 4.79 Å². The lowest BCUT2D eigenvalue weighted by molar-refractivity contribution is -0.162. The van der Waals surface area contributed by atoms with Crippen molar-refractivity contribution >= 4 is 11.9 Å². The maximum Gasteiger partial charge on any atom is 0.331 e. The van der Waals surface area contributed by atoms with Crippen LogP contribution in [-0.4, -0.2) is 35.7 Å². The van der Waals surface area contributed by atoms with E-state index in [-0.39, 0.29) is 24.0 Å². The average Bonchev–Trinajstić information content (AvgIpc) is 2.19. The number of ether oxygens (including phenoxy) is 2. The average molecular weight is 287 g/mol. The van der Waals surface area contributed by atoms with E-state index in [4.69, 9.17) is 9.47 Å². The standard InChI is InChI=1S/C15H29NO4/c1-10(2)12(17)16-11(9-19-14(3,4)5)13(18)20-15(6,7)8/h10-11H,9H2,1-8H3,(H,16,17). The van der Waals surface area contributed by atoms with Gasteiger partial charge in [-0.3, -0.25) is 4.79 Å². The molecule has 20 heavy (non-hydrogen) atoms. The highest BCUT2D eigenvalue weighted by atomic mass is 16.6. The first-order valence-corrected chi connectivity index (χ1v) is 6.99. The van der Waals surface area contributed by atoms with E-state index >= 15 is 0 Å². The Morgan fingerprint density at radius 2 is 1.50 bits per heavy atom. The molecule has 0 heterocycles. The molecule has 0 spiro atoms. The van der Waals surface area contributed by atoms with Crippen molar-refractivity contribution in [3.05, 3.63) is 0 Å². The lowest BCUT2D eigenvalue weighted by Gasteiger charge is -2.27. The van der Waals surface area contributed by atoms with Crippen LogP contribution < -0.4 is 5.32 Å². The van der Waals surface area contributed by atoms with Crippen LogP contribution in [0.25, 0.3) is 0 Å². The predicted octanol–water partition coefficient (Wildman–Crippen LogP) is 2.28. The lowest BCUT2D eigenvalue weighted by Crippen LogP contribution is -2.49. The van der Waals surface area contributed by atoms with E-state index in [1.54, 1.807) is 34.6 Å². The molecule has 0 radical (unpaired) electrons. The monoisotopic (exact) mass is 287 g/mol. The Labute approximate surface area is 122 Å². The Balaban J connectivity index is 4.78. The van der Waals surface area contributed by atoms with Gasteiger partial charge in [0.1, 0.15) is 5.60 Å². The van der Waals surface area contributed by atoms with Crippen molar-refractivity contribution in [2.75, 3.05) is 6.61 Å². The number of amides is 1. The molecule has 1 N–H and O–H groups in total. The van der Waals surface area contributed by atoms with Gasteiger partial charge in [0.25, 0.3) is 0 Å². The molecule has 0 aliphatic carbocycles. The van der Waals surface area contributed by atoms with Crippen molar-refractivity contribution in [3.63, 3.8) is 0 Å². The fourth-order valence-corrected chi connectivity index (χ4v) is 1.21. The number of hydrogen-bond donors (Lipinski definition) is 1. The molecule has 0 aliphatic rings. The second-order valence-electron chi connectivity index (χ2n) is 7.17. The zero-order valence-electron chi connectivity index (χ0n) is 14.0. The number of carbonyl (C=O) groups is 2. The van der Waals surface area contributed by atoms with Crippen molar-refractivity contribution in [2.45, 2.75) is 72.6 Å². The van der Waals surface area contributed by atoms with Crippen LogP contribution in [0.1, 0.15) is 55.4 Å². The number of nitrogens with one attached hydrogen (secondary N) is 1. The molecule has 0 bridgehead atoms. The van der Waals surface area contributed by atoms with Crippen molar-refractivity contribution in [1.29, 1.82) is 0 Å². The van der Waals surface area contributed by atoms with Crippen molar-refractivity contribution in [3.8, 4) is 0 Å². The third kappa shape index (κ3) is 8.91. The minimum atomic E-state index is -0.789. The van der Waals surface area contributed by atoms with Crippen LogP contribution in [0.4, 0.5) is 0 Å². The molecule has 1 amide bonds. The molecule has 0 fully saturated rings. The Kier molecular flexibility index (Phi) is 6.68. The van der Waals surface area contributed by atoms with Gasteiger partial charge in [-0.05, 0) is 41.5 Å². The maximum absolute atomic E-state index is 12.1. The number of carbonyl (C=O) groups excluding carboxylic acids is 2. The molecule has 1 atom stereocenters. The van der Waals surface area contributed by atoms with E-state index in [9.17, 15) is 9.59 Å². The minimum Gasteiger partial charge on any atom is -0.458 e. The van der Waals surface area contributed by atoms with Gasteiger partial charge in [-0.2, -0.15) is 0 Å². The van der Waals surface area contributed by atoms with Crippen LogP contribution in [0.2, 0.25) is 0 Å². The Bertz CT molecular complexity index is 337. The fourth-order valence-electron chi connectivity index (χ4n) is 1.21. The lowest BCUT2D eigenvalue weighted by atomic mass is 10.1. The summed E-state index contributed by atoms with van der Waals surface area (Å²) in [5.74, 6) is -0.872. The largest absolute Gasteiger partial charge is 0.458 e. The van der Waals surface area contributed by atoms with Crippen LogP contribution in [0, 0.1) is 5.92 Å². The third-order valence-electron chi connectivity index (χ3n) is 2.22. The van der Waals surface area contributed by atoms with Gasteiger partial charge in [0.15, 0.2) is 6.04 Å². The summed E-state index contributed by atoms with van der Waals surface area (Å²) >= 11 is 0. The quantitative estimate of drug-likeness (QED) is 0.788. The third-order valence-corrected chi connectivity index (χ3v) is 2.22. The summed E-state index contributed by atoms with van der Waals surface area (Å²) in [7, 11) is 0. The number of esters is 1. The normalized spacial score (nSPS) is 14.1. The first-order valence-electron chi connectivity index (χ1n) is 6.99. The van der Waals surface area contributed by atoms with Gasteiger partial charge in [-0.15, -0.1) is 0 Å². The zero-order chi connectivity index (χ0) is 16.1. The Morgan fingerprint density at radius 3 is 1.85 bits per heavy atom. The summed E-state index contributed by atoms with van der Waals surface area (Å²) in [6.45, 7) is 14.7. The highest BCUT2D eigenvalue weighted by Crippen LogP contribution is 2.12. The van der Waals surface area contributed by atoms with E-state index in [0.29, 0.717) is 0 Å². The first kappa shape index (κ1) is 18.9. The van der Waals surface area contributed by atoms with E-state index in [1.807, 2.05) is 20.8 Å². The van der Waals surface area contributed by atoms with Crippen LogP contribution in [-0.2, 0) is 19.1 Å². The molecular weight excluding hydrogens is 258 g/mol. The molecule has 0 saturated carbocycles. The van der Waals surface area contributed by atoms with Gasteiger partial charge in [0.05, 0.1) is 12.2 Å². The molecular formula is C15H29NO4. The molecule has 5 heteroatoms. The van der Waals surface area contributed by atoms with Gasteiger partial charge >= 0.3 is 5.97 Å². The van der Waals surface area contributed by atoms with Crippen LogP contribution in [0.5, 0.6) is 0 Å². The topological polar surface area (TPSA) is 64.6 Å². The number of hydrogen-bond acceptors (Lipinski definition) is 4. The molecule has 0 saturated heterocycles. The minimum absolute atomic E-state index is 0.0941.